The van der Waals surface area contributed by atoms with Crippen LogP contribution in [0.1, 0.15) is 16.8 Å². The van der Waals surface area contributed by atoms with E-state index in [0.29, 0.717) is 30.3 Å². The number of carboxylic acids is 2. The first-order valence-electron chi connectivity index (χ1n) is 9.72. The number of H-pyrrole nitrogens is 1. The van der Waals surface area contributed by atoms with Crippen molar-refractivity contribution in [1.82, 2.24) is 15.3 Å². The van der Waals surface area contributed by atoms with Crippen molar-refractivity contribution in [3.8, 4) is 0 Å². The van der Waals surface area contributed by atoms with Gasteiger partial charge in [-0.3, -0.25) is 20.0 Å². The van der Waals surface area contributed by atoms with E-state index in [1.165, 1.54) is 12.1 Å². The van der Waals surface area contributed by atoms with E-state index in [9.17, 15) is 24.3 Å². The van der Waals surface area contributed by atoms with E-state index in [4.69, 9.17) is 16.2 Å². The lowest BCUT2D eigenvalue weighted by Gasteiger charge is -2.27. The van der Waals surface area contributed by atoms with Crippen molar-refractivity contribution in [1.29, 1.82) is 5.41 Å². The molecule has 1 aliphatic rings. The Hall–Kier alpha value is -4.62. The van der Waals surface area contributed by atoms with Gasteiger partial charge in [-0.1, -0.05) is 0 Å². The third kappa shape index (κ3) is 5.75. The molecule has 0 spiro atoms. The predicted molar refractivity (Wildman–Crippen MR) is 119 cm³/mol. The van der Waals surface area contributed by atoms with Crippen molar-refractivity contribution in [3.05, 3.63) is 40.2 Å². The summed E-state index contributed by atoms with van der Waals surface area (Å²) in [5, 5.41) is 36.7. The zero-order valence-electron chi connectivity index (χ0n) is 17.1. The first-order chi connectivity index (χ1) is 15.6. The van der Waals surface area contributed by atoms with Gasteiger partial charge in [-0.15, -0.1) is 0 Å². The number of nitrogens with two attached hydrogens (primary N) is 1. The van der Waals surface area contributed by atoms with Gasteiger partial charge in [0.15, 0.2) is 5.82 Å². The van der Waals surface area contributed by atoms with Crippen molar-refractivity contribution >= 4 is 46.7 Å². The molecule has 1 aromatic heterocycles. The molecule has 0 fully saturated rings. The van der Waals surface area contributed by atoms with Crippen LogP contribution < -0.4 is 32.6 Å². The number of aromatic amines is 1. The standard InChI is InChI=1S/C19H22N8O6/c20-11(17(30)31)5-12(18(32)33)25-15(28)8-1-3-9(4-2-8)22-6-10-7-23-14-13(24-10)16(29)27-19(21)26-14/h1-4,10,12,20,22,24H,5-7H2,(H,25,28)(H,30,31)(H,32,33)(H4,21,23,26,27,29). The van der Waals surface area contributed by atoms with Crippen molar-refractivity contribution in [2.24, 2.45) is 0 Å². The van der Waals surface area contributed by atoms with Crippen LogP contribution in [0.25, 0.3) is 0 Å². The maximum atomic E-state index is 12.3. The van der Waals surface area contributed by atoms with Gasteiger partial charge in [0, 0.05) is 30.8 Å². The second kappa shape index (κ2) is 9.67. The smallest absolute Gasteiger partial charge is 0.349 e. The van der Waals surface area contributed by atoms with Gasteiger partial charge in [-0.25, -0.2) is 9.59 Å². The highest BCUT2D eigenvalue weighted by Crippen LogP contribution is 2.20. The number of aliphatic carboxylic acids is 2. The van der Waals surface area contributed by atoms with E-state index < -0.39 is 36.0 Å². The molecular formula is C19H22N8O6. The number of carboxylic acid groups (broad SMARTS) is 2. The monoisotopic (exact) mass is 458 g/mol. The Kier molecular flexibility index (Phi) is 6.76. The van der Waals surface area contributed by atoms with E-state index in [1.807, 2.05) is 0 Å². The molecule has 1 amide bonds. The summed E-state index contributed by atoms with van der Waals surface area (Å²) in [7, 11) is 0. The fourth-order valence-corrected chi connectivity index (χ4v) is 3.06. The van der Waals surface area contributed by atoms with Crippen LogP contribution in [0.5, 0.6) is 0 Å². The average molecular weight is 458 g/mol. The predicted octanol–water partition coefficient (Wildman–Crippen LogP) is -0.652. The van der Waals surface area contributed by atoms with Gasteiger partial charge >= 0.3 is 11.9 Å². The molecule has 2 atom stereocenters. The molecular weight excluding hydrogens is 436 g/mol. The number of rotatable bonds is 9. The number of benzene rings is 1. The summed E-state index contributed by atoms with van der Waals surface area (Å²) in [5.74, 6) is -3.32. The molecule has 2 aromatic rings. The molecule has 10 N–H and O–H groups in total. The van der Waals surface area contributed by atoms with E-state index >= 15 is 0 Å². The molecule has 0 radical (unpaired) electrons. The third-order valence-electron chi connectivity index (χ3n) is 4.77. The van der Waals surface area contributed by atoms with Crippen LogP contribution in [0.15, 0.2) is 29.1 Å². The molecule has 0 saturated heterocycles. The average Bonchev–Trinajstić information content (AvgIpc) is 2.77. The highest BCUT2D eigenvalue weighted by Gasteiger charge is 2.25. The molecule has 3 rings (SSSR count). The van der Waals surface area contributed by atoms with Gasteiger partial charge in [-0.05, 0) is 24.3 Å². The highest BCUT2D eigenvalue weighted by molar-refractivity contribution is 6.34. The zero-order valence-corrected chi connectivity index (χ0v) is 17.1. The highest BCUT2D eigenvalue weighted by atomic mass is 16.4. The number of carbonyl (C=O) groups excluding carboxylic acids is 1. The molecule has 0 saturated carbocycles. The topological polar surface area (TPSA) is 235 Å². The number of nitrogen functional groups attached to an aromatic ring is 1. The minimum absolute atomic E-state index is 0.0172. The molecule has 14 heteroatoms. The molecule has 1 aromatic carbocycles. The van der Waals surface area contributed by atoms with Gasteiger partial charge in [0.05, 0.1) is 6.04 Å². The van der Waals surface area contributed by atoms with Crippen molar-refractivity contribution in [2.75, 3.05) is 34.8 Å². The van der Waals surface area contributed by atoms with Gasteiger partial charge in [-0.2, -0.15) is 4.98 Å². The number of aromatic nitrogens is 2. The first kappa shape index (κ1) is 23.1. The van der Waals surface area contributed by atoms with E-state index in [-0.39, 0.29) is 23.1 Å². The molecule has 1 aliphatic heterocycles. The Bertz CT molecular complexity index is 1150. The molecule has 0 aliphatic carbocycles. The Labute approximate surface area is 186 Å². The number of fused-ring (bicyclic) bond motifs is 1. The summed E-state index contributed by atoms with van der Waals surface area (Å²) in [6.07, 6.45) is -0.646. The number of hydrogen-bond acceptors (Lipinski definition) is 10. The van der Waals surface area contributed by atoms with Crippen LogP contribution in [0.3, 0.4) is 0 Å². The molecule has 174 valence electrons. The summed E-state index contributed by atoms with van der Waals surface area (Å²) >= 11 is 0. The first-order valence-corrected chi connectivity index (χ1v) is 9.72. The summed E-state index contributed by atoms with van der Waals surface area (Å²) in [6, 6.07) is 4.48. The van der Waals surface area contributed by atoms with Crippen LogP contribution >= 0.6 is 0 Å². The van der Waals surface area contributed by atoms with Gasteiger partial charge in [0.2, 0.25) is 5.95 Å². The Morgan fingerprint density at radius 3 is 2.58 bits per heavy atom. The number of nitrogens with zero attached hydrogens (tertiary/aromatic N) is 1. The van der Waals surface area contributed by atoms with Crippen LogP contribution in [-0.4, -0.2) is 68.9 Å². The Morgan fingerprint density at radius 1 is 1.24 bits per heavy atom. The van der Waals surface area contributed by atoms with E-state index in [2.05, 4.69) is 31.2 Å². The van der Waals surface area contributed by atoms with Crippen molar-refractivity contribution in [3.63, 3.8) is 0 Å². The number of anilines is 4. The molecule has 0 bridgehead atoms. The molecule has 2 unspecified atom stereocenters. The third-order valence-corrected chi connectivity index (χ3v) is 4.77. The quantitative estimate of drug-likeness (QED) is 0.214. The molecule has 14 nitrogen and oxygen atoms in total. The summed E-state index contributed by atoms with van der Waals surface area (Å²) in [6.45, 7) is 0.915. The maximum absolute atomic E-state index is 12.3. The normalized spacial score (nSPS) is 15.2. The van der Waals surface area contributed by atoms with Gasteiger partial charge < -0.3 is 37.2 Å². The van der Waals surface area contributed by atoms with Crippen LogP contribution in [0.2, 0.25) is 0 Å². The number of nitrogens with one attached hydrogen (secondary N) is 6. The second-order valence-electron chi connectivity index (χ2n) is 7.21. The number of carbonyl (C=O) groups is 3. The van der Waals surface area contributed by atoms with Crippen LogP contribution in [-0.2, 0) is 9.59 Å². The van der Waals surface area contributed by atoms with Gasteiger partial charge in [0.1, 0.15) is 17.4 Å². The molecule has 33 heavy (non-hydrogen) atoms. The Balaban J connectivity index is 1.56. The Morgan fingerprint density at radius 2 is 1.94 bits per heavy atom. The number of amides is 1. The zero-order chi connectivity index (χ0) is 24.1. The number of hydrogen-bond donors (Lipinski definition) is 9. The van der Waals surface area contributed by atoms with E-state index in [1.54, 1.807) is 12.1 Å². The fourth-order valence-electron chi connectivity index (χ4n) is 3.06. The van der Waals surface area contributed by atoms with E-state index in [0.717, 1.165) is 0 Å². The lowest BCUT2D eigenvalue weighted by molar-refractivity contribution is -0.139. The van der Waals surface area contributed by atoms with Gasteiger partial charge in [0.25, 0.3) is 11.5 Å². The second-order valence-corrected chi connectivity index (χ2v) is 7.21. The minimum atomic E-state index is -1.55. The lowest BCUT2D eigenvalue weighted by atomic mass is 10.1. The summed E-state index contributed by atoms with van der Waals surface area (Å²) < 4.78 is 0. The summed E-state index contributed by atoms with van der Waals surface area (Å²) in [5.41, 5.74) is 5.44. The van der Waals surface area contributed by atoms with Crippen molar-refractivity contribution in [2.45, 2.75) is 18.5 Å². The summed E-state index contributed by atoms with van der Waals surface area (Å²) in [4.78, 5) is 52.8. The van der Waals surface area contributed by atoms with Crippen LogP contribution in [0, 0.1) is 5.41 Å². The van der Waals surface area contributed by atoms with Crippen molar-refractivity contribution < 1.29 is 24.6 Å². The maximum Gasteiger partial charge on any atom is 0.349 e. The fraction of sp³-hybridized carbons (Fsp3) is 0.263. The lowest BCUT2D eigenvalue weighted by Crippen LogP contribution is -2.43. The van der Waals surface area contributed by atoms with Crippen LogP contribution in [0.4, 0.5) is 23.1 Å². The minimum Gasteiger partial charge on any atom is -0.480 e. The SMILES string of the molecule is N=C(CC(NC(=O)c1ccc(NCC2CNc3nc(N)[nH]c(=O)c3N2)cc1)C(=O)O)C(=O)O. The molecule has 2 heterocycles. The largest absolute Gasteiger partial charge is 0.480 e.